The van der Waals surface area contributed by atoms with E-state index >= 15 is 0 Å². The first kappa shape index (κ1) is 21.3. The standard InChI is InChI=1S/C22H25N3O5/c26-20(24-16-22(12-6-13-22)17-7-2-1-3-8-17)15-30-21(27)11-14-23-18-9-4-5-10-19(18)25(28)29/h1-5,7-10,23H,6,11-16H2,(H,24,26). The van der Waals surface area contributed by atoms with Crippen molar-refractivity contribution >= 4 is 23.3 Å². The molecular formula is C22H25N3O5. The minimum atomic E-state index is -0.544. The summed E-state index contributed by atoms with van der Waals surface area (Å²) in [5.41, 5.74) is 1.46. The van der Waals surface area contributed by atoms with E-state index in [-0.39, 0.29) is 36.6 Å². The van der Waals surface area contributed by atoms with Gasteiger partial charge >= 0.3 is 5.97 Å². The summed E-state index contributed by atoms with van der Waals surface area (Å²) in [7, 11) is 0. The fourth-order valence-corrected chi connectivity index (χ4v) is 3.58. The van der Waals surface area contributed by atoms with Crippen molar-refractivity contribution in [3.05, 3.63) is 70.3 Å². The quantitative estimate of drug-likeness (QED) is 0.353. The second-order valence-corrected chi connectivity index (χ2v) is 7.39. The van der Waals surface area contributed by atoms with Gasteiger partial charge in [-0.3, -0.25) is 19.7 Å². The van der Waals surface area contributed by atoms with Crippen LogP contribution in [-0.4, -0.2) is 36.5 Å². The summed E-state index contributed by atoms with van der Waals surface area (Å²) in [6.45, 7) is 0.351. The molecule has 30 heavy (non-hydrogen) atoms. The molecule has 1 saturated carbocycles. The molecular weight excluding hydrogens is 386 g/mol. The maximum Gasteiger partial charge on any atom is 0.308 e. The number of esters is 1. The normalized spacial score (nSPS) is 14.3. The lowest BCUT2D eigenvalue weighted by molar-refractivity contribution is -0.384. The summed E-state index contributed by atoms with van der Waals surface area (Å²) in [6.07, 6.45) is 3.17. The largest absolute Gasteiger partial charge is 0.456 e. The van der Waals surface area contributed by atoms with Crippen molar-refractivity contribution in [2.45, 2.75) is 31.1 Å². The molecule has 1 fully saturated rings. The van der Waals surface area contributed by atoms with Crippen LogP contribution < -0.4 is 10.6 Å². The van der Waals surface area contributed by atoms with Gasteiger partial charge in [-0.2, -0.15) is 0 Å². The number of ether oxygens (including phenoxy) is 1. The molecule has 0 bridgehead atoms. The fourth-order valence-electron chi connectivity index (χ4n) is 3.58. The van der Waals surface area contributed by atoms with E-state index in [4.69, 9.17) is 4.74 Å². The monoisotopic (exact) mass is 411 g/mol. The molecule has 2 N–H and O–H groups in total. The number of carbonyl (C=O) groups excluding carboxylic acids is 2. The van der Waals surface area contributed by atoms with Gasteiger partial charge in [-0.15, -0.1) is 0 Å². The number of hydrogen-bond donors (Lipinski definition) is 2. The molecule has 0 aliphatic heterocycles. The fraction of sp³-hybridized carbons (Fsp3) is 0.364. The molecule has 0 heterocycles. The van der Waals surface area contributed by atoms with Gasteiger partial charge in [0.25, 0.3) is 11.6 Å². The molecule has 0 saturated heterocycles. The average Bonchev–Trinajstić information content (AvgIpc) is 2.72. The number of nitrogens with one attached hydrogen (secondary N) is 2. The topological polar surface area (TPSA) is 111 Å². The van der Waals surface area contributed by atoms with Crippen LogP contribution in [0.25, 0.3) is 0 Å². The summed E-state index contributed by atoms with van der Waals surface area (Å²) in [5, 5.41) is 16.7. The van der Waals surface area contributed by atoms with E-state index in [1.165, 1.54) is 11.6 Å². The Kier molecular flexibility index (Phi) is 7.00. The summed E-state index contributed by atoms with van der Waals surface area (Å²) in [4.78, 5) is 34.5. The van der Waals surface area contributed by atoms with Gasteiger partial charge in [0, 0.05) is 24.6 Å². The van der Waals surface area contributed by atoms with Gasteiger partial charge in [0.1, 0.15) is 5.69 Å². The van der Waals surface area contributed by atoms with E-state index < -0.39 is 10.9 Å². The third-order valence-electron chi connectivity index (χ3n) is 5.43. The van der Waals surface area contributed by atoms with Gasteiger partial charge in [-0.25, -0.2) is 0 Å². The number of benzene rings is 2. The molecule has 1 aliphatic rings. The highest BCUT2D eigenvalue weighted by Gasteiger charge is 2.38. The first-order valence-corrected chi connectivity index (χ1v) is 9.95. The van der Waals surface area contributed by atoms with Gasteiger partial charge in [0.15, 0.2) is 6.61 Å². The summed E-state index contributed by atoms with van der Waals surface area (Å²) >= 11 is 0. The zero-order valence-corrected chi connectivity index (χ0v) is 16.6. The molecule has 0 spiro atoms. The van der Waals surface area contributed by atoms with Crippen molar-refractivity contribution in [2.75, 3.05) is 25.0 Å². The molecule has 1 amide bonds. The number of rotatable bonds is 10. The lowest BCUT2D eigenvalue weighted by Crippen LogP contribution is -2.46. The minimum Gasteiger partial charge on any atom is -0.456 e. The van der Waals surface area contributed by atoms with Crippen molar-refractivity contribution in [1.82, 2.24) is 5.32 Å². The number of nitro benzene ring substituents is 1. The van der Waals surface area contributed by atoms with E-state index in [0.717, 1.165) is 19.3 Å². The van der Waals surface area contributed by atoms with E-state index in [9.17, 15) is 19.7 Å². The van der Waals surface area contributed by atoms with Gasteiger partial charge in [0.05, 0.1) is 11.3 Å². The highest BCUT2D eigenvalue weighted by Crippen LogP contribution is 2.43. The molecule has 8 nitrogen and oxygen atoms in total. The van der Waals surface area contributed by atoms with Crippen molar-refractivity contribution in [1.29, 1.82) is 0 Å². The van der Waals surface area contributed by atoms with E-state index in [2.05, 4.69) is 22.8 Å². The SMILES string of the molecule is O=C(COC(=O)CCNc1ccccc1[N+](=O)[O-])NCC1(c2ccccc2)CCC1. The van der Waals surface area contributed by atoms with Gasteiger partial charge in [0.2, 0.25) is 0 Å². The Hall–Kier alpha value is -3.42. The molecule has 2 aromatic carbocycles. The van der Waals surface area contributed by atoms with Crippen LogP contribution >= 0.6 is 0 Å². The maximum atomic E-state index is 12.1. The molecule has 1 aliphatic carbocycles. The number of hydrogen-bond acceptors (Lipinski definition) is 6. The number of para-hydroxylation sites is 2. The molecule has 0 radical (unpaired) electrons. The minimum absolute atomic E-state index is 0.00667. The molecule has 0 atom stereocenters. The smallest absolute Gasteiger partial charge is 0.308 e. The Balaban J connectivity index is 1.38. The molecule has 0 unspecified atom stereocenters. The lowest BCUT2D eigenvalue weighted by Gasteiger charge is -2.42. The Morgan fingerprint density at radius 1 is 1.07 bits per heavy atom. The first-order valence-electron chi connectivity index (χ1n) is 9.95. The maximum absolute atomic E-state index is 12.1. The lowest BCUT2D eigenvalue weighted by atomic mass is 9.64. The second kappa shape index (κ2) is 9.87. The number of nitro groups is 1. The predicted octanol–water partition coefficient (Wildman–Crippen LogP) is 3.18. The number of anilines is 1. The van der Waals surface area contributed by atoms with Crippen LogP contribution in [0.3, 0.4) is 0 Å². The van der Waals surface area contributed by atoms with E-state index in [1.807, 2.05) is 18.2 Å². The zero-order valence-electron chi connectivity index (χ0n) is 16.6. The Bertz CT molecular complexity index is 897. The Morgan fingerprint density at radius 2 is 1.77 bits per heavy atom. The molecule has 8 heteroatoms. The van der Waals surface area contributed by atoms with Crippen molar-refractivity contribution < 1.29 is 19.2 Å². The third-order valence-corrected chi connectivity index (χ3v) is 5.43. The third kappa shape index (κ3) is 5.34. The van der Waals surface area contributed by atoms with Crippen molar-refractivity contribution in [3.63, 3.8) is 0 Å². The van der Waals surface area contributed by atoms with Crippen LogP contribution in [0.2, 0.25) is 0 Å². The number of carbonyl (C=O) groups is 2. The molecule has 158 valence electrons. The van der Waals surface area contributed by atoms with Crippen molar-refractivity contribution in [3.8, 4) is 0 Å². The zero-order chi connectivity index (χ0) is 21.4. The Labute approximate surface area is 174 Å². The first-order chi connectivity index (χ1) is 14.5. The van der Waals surface area contributed by atoms with Gasteiger partial charge in [-0.05, 0) is 24.5 Å². The molecule has 0 aromatic heterocycles. The summed E-state index contributed by atoms with van der Waals surface area (Å²) in [6, 6.07) is 16.3. The summed E-state index contributed by atoms with van der Waals surface area (Å²) < 4.78 is 5.02. The number of nitrogens with zero attached hydrogens (tertiary/aromatic N) is 1. The van der Waals surface area contributed by atoms with Crippen LogP contribution in [-0.2, 0) is 19.7 Å². The second-order valence-electron chi connectivity index (χ2n) is 7.39. The average molecular weight is 411 g/mol. The summed E-state index contributed by atoms with van der Waals surface area (Å²) in [5.74, 6) is -0.880. The molecule has 2 aromatic rings. The van der Waals surface area contributed by atoms with Gasteiger partial charge < -0.3 is 15.4 Å². The Morgan fingerprint density at radius 3 is 2.43 bits per heavy atom. The number of amides is 1. The molecule has 3 rings (SSSR count). The van der Waals surface area contributed by atoms with Gasteiger partial charge in [-0.1, -0.05) is 48.9 Å². The van der Waals surface area contributed by atoms with Crippen molar-refractivity contribution in [2.24, 2.45) is 0 Å². The van der Waals surface area contributed by atoms with E-state index in [0.29, 0.717) is 12.2 Å². The van der Waals surface area contributed by atoms with Crippen LogP contribution in [0, 0.1) is 10.1 Å². The highest BCUT2D eigenvalue weighted by atomic mass is 16.6. The van der Waals surface area contributed by atoms with Crippen LogP contribution in [0.5, 0.6) is 0 Å². The van der Waals surface area contributed by atoms with Crippen LogP contribution in [0.15, 0.2) is 54.6 Å². The predicted molar refractivity (Wildman–Crippen MR) is 112 cm³/mol. The van der Waals surface area contributed by atoms with Crippen LogP contribution in [0.4, 0.5) is 11.4 Å². The highest BCUT2D eigenvalue weighted by molar-refractivity contribution is 5.80. The van der Waals surface area contributed by atoms with E-state index in [1.54, 1.807) is 18.2 Å². The van der Waals surface area contributed by atoms with Crippen LogP contribution in [0.1, 0.15) is 31.2 Å².